The third-order valence-corrected chi connectivity index (χ3v) is 4.74. The summed E-state index contributed by atoms with van der Waals surface area (Å²) in [6.07, 6.45) is 4.08. The zero-order chi connectivity index (χ0) is 22.0. The van der Waals surface area contributed by atoms with E-state index in [1.807, 2.05) is 6.92 Å². The summed E-state index contributed by atoms with van der Waals surface area (Å²) in [7, 11) is 3.35. The smallest absolute Gasteiger partial charge is 0.309 e. The summed E-state index contributed by atoms with van der Waals surface area (Å²) in [5.74, 6) is -0.827. The average molecular weight is 415 g/mol. The first kappa shape index (κ1) is 20.7. The molecule has 13 heteroatoms. The molecule has 0 spiro atoms. The van der Waals surface area contributed by atoms with E-state index in [2.05, 4.69) is 25.9 Å². The summed E-state index contributed by atoms with van der Waals surface area (Å²) < 4.78 is 4.38. The minimum Gasteiger partial charge on any atom is -0.323 e. The Morgan fingerprint density at radius 3 is 2.27 bits per heavy atom. The first-order valence-electron chi connectivity index (χ1n) is 8.97. The van der Waals surface area contributed by atoms with Crippen molar-refractivity contribution >= 4 is 28.9 Å². The Kier molecular flexibility index (Phi) is 5.62. The Morgan fingerprint density at radius 1 is 1.00 bits per heavy atom. The van der Waals surface area contributed by atoms with Gasteiger partial charge in [0.05, 0.1) is 40.9 Å². The van der Waals surface area contributed by atoms with Crippen LogP contribution in [0.3, 0.4) is 0 Å². The molecule has 0 aliphatic carbocycles. The van der Waals surface area contributed by atoms with E-state index in [0.717, 1.165) is 11.9 Å². The number of aromatic nitrogens is 6. The highest BCUT2D eigenvalue weighted by Gasteiger charge is 2.21. The molecule has 3 rings (SSSR count). The molecule has 2 N–H and O–H groups in total. The molecule has 0 radical (unpaired) electrons. The minimum absolute atomic E-state index is 0.0113. The number of carbonyl (C=O) groups is 2. The van der Waals surface area contributed by atoms with Gasteiger partial charge in [-0.05, 0) is 13.8 Å². The van der Waals surface area contributed by atoms with E-state index in [1.54, 1.807) is 25.7 Å². The van der Waals surface area contributed by atoms with Gasteiger partial charge in [0, 0.05) is 20.5 Å². The van der Waals surface area contributed by atoms with E-state index in [-0.39, 0.29) is 35.9 Å². The van der Waals surface area contributed by atoms with Gasteiger partial charge in [0.2, 0.25) is 5.91 Å². The molecule has 3 aromatic rings. The van der Waals surface area contributed by atoms with Crippen LogP contribution in [0.25, 0.3) is 0 Å². The van der Waals surface area contributed by atoms with Gasteiger partial charge in [0.25, 0.3) is 5.91 Å². The third-order valence-electron chi connectivity index (χ3n) is 4.74. The quantitative estimate of drug-likeness (QED) is 0.433. The van der Waals surface area contributed by atoms with Gasteiger partial charge in [-0.3, -0.25) is 33.7 Å². The summed E-state index contributed by atoms with van der Waals surface area (Å²) >= 11 is 0. The number of nitrogens with one attached hydrogen (secondary N) is 2. The number of anilines is 2. The van der Waals surface area contributed by atoms with Crippen LogP contribution in [0.15, 0.2) is 18.6 Å². The lowest BCUT2D eigenvalue weighted by molar-refractivity contribution is -0.385. The van der Waals surface area contributed by atoms with Crippen LogP contribution in [0.2, 0.25) is 0 Å². The second-order valence-corrected chi connectivity index (χ2v) is 6.65. The Bertz CT molecular complexity index is 1120. The summed E-state index contributed by atoms with van der Waals surface area (Å²) in [6.45, 7) is 3.53. The summed E-state index contributed by atoms with van der Waals surface area (Å²) in [6, 6.07) is 0. The number of hydrogen-bond acceptors (Lipinski definition) is 7. The highest BCUT2D eigenvalue weighted by Crippen LogP contribution is 2.20. The molecule has 30 heavy (non-hydrogen) atoms. The summed E-state index contributed by atoms with van der Waals surface area (Å²) in [4.78, 5) is 35.4. The maximum atomic E-state index is 12.7. The van der Waals surface area contributed by atoms with Crippen LogP contribution < -0.4 is 10.6 Å². The highest BCUT2D eigenvalue weighted by molar-refractivity contribution is 6.09. The molecule has 0 aromatic carbocycles. The lowest BCUT2D eigenvalue weighted by Gasteiger charge is -2.09. The molecular weight excluding hydrogens is 394 g/mol. The average Bonchev–Trinajstić information content (AvgIpc) is 3.33. The molecule has 0 aliphatic heterocycles. The number of aryl methyl sites for hydroxylation is 3. The van der Waals surface area contributed by atoms with Crippen LogP contribution in [0, 0.1) is 24.0 Å². The minimum atomic E-state index is -0.524. The van der Waals surface area contributed by atoms with Gasteiger partial charge in [-0.2, -0.15) is 15.3 Å². The second-order valence-electron chi connectivity index (χ2n) is 6.65. The lowest BCUT2D eigenvalue weighted by Crippen LogP contribution is -2.21. The number of hydrogen-bond donors (Lipinski definition) is 2. The van der Waals surface area contributed by atoms with Crippen molar-refractivity contribution in [1.29, 1.82) is 0 Å². The van der Waals surface area contributed by atoms with Crippen molar-refractivity contribution in [2.45, 2.75) is 26.8 Å². The van der Waals surface area contributed by atoms with Gasteiger partial charge >= 0.3 is 5.69 Å². The first-order valence-corrected chi connectivity index (χ1v) is 8.97. The molecule has 0 unspecified atom stereocenters. The van der Waals surface area contributed by atoms with Crippen molar-refractivity contribution in [3.8, 4) is 0 Å². The molecule has 2 amide bonds. The van der Waals surface area contributed by atoms with Crippen LogP contribution in [0.4, 0.5) is 17.1 Å². The highest BCUT2D eigenvalue weighted by atomic mass is 16.6. The van der Waals surface area contributed by atoms with E-state index >= 15 is 0 Å². The zero-order valence-corrected chi connectivity index (χ0v) is 16.9. The zero-order valence-electron chi connectivity index (χ0n) is 16.9. The fourth-order valence-corrected chi connectivity index (χ4v) is 2.86. The first-order chi connectivity index (χ1) is 14.2. The van der Waals surface area contributed by atoms with Crippen LogP contribution in [-0.2, 0) is 25.4 Å². The Labute approximate surface area is 170 Å². The molecule has 0 saturated heterocycles. The molecule has 0 atom stereocenters. The Morgan fingerprint density at radius 2 is 1.67 bits per heavy atom. The fraction of sp³-hybridized carbons (Fsp3) is 0.353. The van der Waals surface area contributed by atoms with Gasteiger partial charge in [-0.15, -0.1) is 0 Å². The predicted octanol–water partition coefficient (Wildman–Crippen LogP) is 1.16. The monoisotopic (exact) mass is 415 g/mol. The van der Waals surface area contributed by atoms with E-state index in [4.69, 9.17) is 0 Å². The Balaban J connectivity index is 1.67. The largest absolute Gasteiger partial charge is 0.323 e. The van der Waals surface area contributed by atoms with Gasteiger partial charge in [-0.25, -0.2) is 0 Å². The molecule has 3 aromatic heterocycles. The van der Waals surface area contributed by atoms with Crippen LogP contribution in [-0.4, -0.2) is 46.1 Å². The number of nitrogens with zero attached hydrogens (tertiary/aromatic N) is 7. The van der Waals surface area contributed by atoms with Crippen molar-refractivity contribution in [1.82, 2.24) is 29.3 Å². The summed E-state index contributed by atoms with van der Waals surface area (Å²) in [5.41, 5.74) is 2.02. The molecule has 0 saturated carbocycles. The molecule has 0 aliphatic rings. The molecular formula is C17H21N9O4. The van der Waals surface area contributed by atoms with E-state index < -0.39 is 10.8 Å². The number of nitro groups is 1. The standard InChI is InChI=1S/C17H21N9O4/c1-10-12(7-18-23(10)3)22-17(28)16-13(8-19-24(16)4)21-15(27)5-6-25-11(2)14(9-20-25)26(29)30/h7-9H,5-6H2,1-4H3,(H,21,27)(H,22,28). The normalized spacial score (nSPS) is 10.8. The van der Waals surface area contributed by atoms with Gasteiger partial charge in [0.1, 0.15) is 17.6 Å². The summed E-state index contributed by atoms with van der Waals surface area (Å²) in [5, 5.41) is 28.4. The van der Waals surface area contributed by atoms with Crippen LogP contribution in [0.5, 0.6) is 0 Å². The van der Waals surface area contributed by atoms with E-state index in [0.29, 0.717) is 11.4 Å². The second kappa shape index (κ2) is 8.14. The maximum absolute atomic E-state index is 12.7. The molecule has 158 valence electrons. The lowest BCUT2D eigenvalue weighted by atomic mass is 10.3. The maximum Gasteiger partial charge on any atom is 0.309 e. The topological polar surface area (TPSA) is 155 Å². The number of carbonyl (C=O) groups excluding carboxylic acids is 2. The molecule has 3 heterocycles. The van der Waals surface area contributed by atoms with Crippen molar-refractivity contribution < 1.29 is 14.5 Å². The van der Waals surface area contributed by atoms with Crippen LogP contribution >= 0.6 is 0 Å². The molecule has 13 nitrogen and oxygen atoms in total. The Hall–Kier alpha value is -4.03. The number of amides is 2. The van der Waals surface area contributed by atoms with Crippen LogP contribution in [0.1, 0.15) is 28.3 Å². The molecule has 0 fully saturated rings. The third kappa shape index (κ3) is 4.04. The van der Waals surface area contributed by atoms with Crippen molar-refractivity contribution in [2.24, 2.45) is 14.1 Å². The van der Waals surface area contributed by atoms with Crippen molar-refractivity contribution in [2.75, 3.05) is 10.6 Å². The number of rotatable bonds is 7. The molecule has 0 bridgehead atoms. The fourth-order valence-electron chi connectivity index (χ4n) is 2.86. The van der Waals surface area contributed by atoms with E-state index in [9.17, 15) is 19.7 Å². The van der Waals surface area contributed by atoms with Crippen molar-refractivity contribution in [3.63, 3.8) is 0 Å². The van der Waals surface area contributed by atoms with Gasteiger partial charge in [0.15, 0.2) is 0 Å². The predicted molar refractivity (Wildman–Crippen MR) is 106 cm³/mol. The van der Waals surface area contributed by atoms with Gasteiger partial charge < -0.3 is 10.6 Å². The van der Waals surface area contributed by atoms with Gasteiger partial charge in [-0.1, -0.05) is 0 Å². The van der Waals surface area contributed by atoms with Crippen molar-refractivity contribution in [3.05, 3.63) is 45.8 Å². The van der Waals surface area contributed by atoms with E-state index in [1.165, 1.54) is 21.8 Å². The SMILES string of the molecule is Cc1c(NC(=O)c2c(NC(=O)CCn3ncc([N+](=O)[O-])c3C)cnn2C)cnn1C.